The number of benzene rings is 2. The molecule has 0 atom stereocenters. The molecule has 3 aliphatic rings. The highest BCUT2D eigenvalue weighted by molar-refractivity contribution is 6.16. The molecule has 9 heteroatoms. The van der Waals surface area contributed by atoms with E-state index in [0.29, 0.717) is 17.9 Å². The Morgan fingerprint density at radius 2 is 1.88 bits per heavy atom. The van der Waals surface area contributed by atoms with E-state index in [0.717, 1.165) is 91.5 Å². The predicted octanol–water partition coefficient (Wildman–Crippen LogP) is 4.99. The third-order valence-electron chi connectivity index (χ3n) is 9.23. The maximum atomic E-state index is 14.4. The summed E-state index contributed by atoms with van der Waals surface area (Å²) >= 11 is 0. The minimum atomic E-state index is -0.114. The summed E-state index contributed by atoms with van der Waals surface area (Å²) in [6.45, 7) is 2.96. The Morgan fingerprint density at radius 3 is 2.60 bits per heavy atom. The van der Waals surface area contributed by atoms with E-state index in [4.69, 9.17) is 4.74 Å². The van der Waals surface area contributed by atoms with Crippen LogP contribution in [-0.2, 0) is 22.4 Å². The average molecular weight is 565 g/mol. The SMILES string of the molecule is CCCc1c(Cc2ccc(-c3ccccc3)c(C3=NNC(=O)C3)c2)c(=O)n(C2CCC3(CCCO3)CC2)c2ncnn12. The zero-order valence-electron chi connectivity index (χ0n) is 24.0. The highest BCUT2D eigenvalue weighted by Gasteiger charge is 2.40. The molecule has 216 valence electrons. The first-order valence-electron chi connectivity index (χ1n) is 15.2. The van der Waals surface area contributed by atoms with Crippen LogP contribution < -0.4 is 11.0 Å². The third kappa shape index (κ3) is 4.75. The van der Waals surface area contributed by atoms with Gasteiger partial charge in [-0.25, -0.2) is 9.94 Å². The van der Waals surface area contributed by atoms with Gasteiger partial charge in [0, 0.05) is 30.2 Å². The standard InChI is InChI=1S/C33H36N6O3/c1-2-7-29-27(19-22-10-11-25(23-8-4-3-5-9-23)26(18-22)28-20-30(40)37-36-28)31(41)38(32-34-21-35-39(29)32)24-12-15-33(16-13-24)14-6-17-42-33/h3-5,8-11,18,21,24H,2,6-7,12-17,19-20H2,1H3,(H,37,40). The van der Waals surface area contributed by atoms with Crippen molar-refractivity contribution in [3.8, 4) is 11.1 Å². The Balaban J connectivity index is 1.31. The molecular weight excluding hydrogens is 528 g/mol. The summed E-state index contributed by atoms with van der Waals surface area (Å²) in [7, 11) is 0. The van der Waals surface area contributed by atoms with Gasteiger partial charge in [-0.15, -0.1) is 0 Å². The fourth-order valence-electron chi connectivity index (χ4n) is 7.14. The number of ether oxygens (including phenoxy) is 1. The van der Waals surface area contributed by atoms with Gasteiger partial charge in [-0.1, -0.05) is 55.8 Å². The quantitative estimate of drug-likeness (QED) is 0.341. The zero-order valence-corrected chi connectivity index (χ0v) is 24.0. The molecule has 42 heavy (non-hydrogen) atoms. The highest BCUT2D eigenvalue weighted by atomic mass is 16.5. The molecule has 1 N–H and O–H groups in total. The van der Waals surface area contributed by atoms with Crippen molar-refractivity contribution < 1.29 is 9.53 Å². The van der Waals surface area contributed by atoms with Crippen LogP contribution >= 0.6 is 0 Å². The van der Waals surface area contributed by atoms with Gasteiger partial charge < -0.3 is 4.74 Å². The van der Waals surface area contributed by atoms with Gasteiger partial charge >= 0.3 is 0 Å². The summed E-state index contributed by atoms with van der Waals surface area (Å²) in [5, 5.41) is 8.95. The zero-order chi connectivity index (χ0) is 28.7. The first kappa shape index (κ1) is 26.8. The number of carbonyl (C=O) groups excluding carboxylic acids is 1. The summed E-state index contributed by atoms with van der Waals surface area (Å²) in [5.74, 6) is 0.516. The van der Waals surface area contributed by atoms with Crippen LogP contribution in [0.1, 0.15) is 86.7 Å². The first-order valence-corrected chi connectivity index (χ1v) is 15.2. The number of amides is 1. The van der Waals surface area contributed by atoms with Crippen molar-refractivity contribution in [2.24, 2.45) is 5.10 Å². The number of carbonyl (C=O) groups is 1. The molecule has 1 saturated heterocycles. The van der Waals surface area contributed by atoms with E-state index in [1.807, 2.05) is 27.3 Å². The van der Waals surface area contributed by atoms with Crippen molar-refractivity contribution in [2.75, 3.05) is 6.61 Å². The van der Waals surface area contributed by atoms with Crippen molar-refractivity contribution in [3.05, 3.63) is 87.6 Å². The minimum absolute atomic E-state index is 0.00878. The minimum Gasteiger partial charge on any atom is -0.375 e. The van der Waals surface area contributed by atoms with E-state index in [9.17, 15) is 9.59 Å². The Hall–Kier alpha value is -4.11. The van der Waals surface area contributed by atoms with Crippen molar-refractivity contribution in [1.82, 2.24) is 24.6 Å². The summed E-state index contributed by atoms with van der Waals surface area (Å²) in [4.78, 5) is 31.1. The number of aryl methyl sites for hydroxylation is 1. The summed E-state index contributed by atoms with van der Waals surface area (Å²) in [6, 6.07) is 16.4. The lowest BCUT2D eigenvalue weighted by atomic mass is 9.80. The normalized spacial score (nSPS) is 22.2. The maximum Gasteiger partial charge on any atom is 0.259 e. The number of nitrogens with zero attached hydrogens (tertiary/aromatic N) is 5. The van der Waals surface area contributed by atoms with Crippen molar-refractivity contribution in [1.29, 1.82) is 0 Å². The predicted molar refractivity (Wildman–Crippen MR) is 161 cm³/mol. The number of hydrogen-bond acceptors (Lipinski definition) is 6. The van der Waals surface area contributed by atoms with Gasteiger partial charge in [-0.3, -0.25) is 14.2 Å². The molecule has 2 aromatic heterocycles. The van der Waals surface area contributed by atoms with E-state index in [-0.39, 0.29) is 29.5 Å². The molecule has 0 unspecified atom stereocenters. The summed E-state index contributed by atoms with van der Waals surface area (Å²) < 4.78 is 9.97. The van der Waals surface area contributed by atoms with E-state index in [1.54, 1.807) is 6.33 Å². The van der Waals surface area contributed by atoms with E-state index < -0.39 is 0 Å². The van der Waals surface area contributed by atoms with Crippen LogP contribution in [0.3, 0.4) is 0 Å². The van der Waals surface area contributed by atoms with E-state index in [1.165, 1.54) is 0 Å². The summed E-state index contributed by atoms with van der Waals surface area (Å²) in [5.41, 5.74) is 8.97. The Bertz CT molecular complexity index is 1720. The van der Waals surface area contributed by atoms with E-state index >= 15 is 0 Å². The molecule has 4 aromatic rings. The van der Waals surface area contributed by atoms with Gasteiger partial charge in [0.25, 0.3) is 5.56 Å². The monoisotopic (exact) mass is 564 g/mol. The third-order valence-corrected chi connectivity index (χ3v) is 9.23. The van der Waals surface area contributed by atoms with Crippen LogP contribution in [0.5, 0.6) is 0 Å². The molecule has 1 amide bonds. The molecule has 1 spiro atoms. The molecule has 2 aromatic carbocycles. The topological polar surface area (TPSA) is 103 Å². The Labute approximate surface area is 244 Å². The van der Waals surface area contributed by atoms with Crippen LogP contribution in [0.15, 0.2) is 64.8 Å². The molecule has 9 nitrogen and oxygen atoms in total. The second kappa shape index (κ2) is 10.9. The van der Waals surface area contributed by atoms with Gasteiger partial charge in [0.1, 0.15) is 6.33 Å². The lowest BCUT2D eigenvalue weighted by Gasteiger charge is -2.37. The molecule has 2 fully saturated rings. The first-order chi connectivity index (χ1) is 20.5. The maximum absolute atomic E-state index is 14.4. The highest BCUT2D eigenvalue weighted by Crippen LogP contribution is 2.43. The number of rotatable bonds is 7. The van der Waals surface area contributed by atoms with Crippen molar-refractivity contribution in [2.45, 2.75) is 82.8 Å². The lowest BCUT2D eigenvalue weighted by molar-refractivity contribution is -0.119. The molecule has 4 heterocycles. The molecule has 1 aliphatic carbocycles. The second-order valence-electron chi connectivity index (χ2n) is 11.9. The molecule has 1 saturated carbocycles. The fourth-order valence-corrected chi connectivity index (χ4v) is 7.14. The number of hydrogen-bond donors (Lipinski definition) is 1. The Kier molecular flexibility index (Phi) is 6.98. The number of nitrogens with one attached hydrogen (secondary N) is 1. The van der Waals surface area contributed by atoms with Crippen LogP contribution in [0.25, 0.3) is 16.9 Å². The van der Waals surface area contributed by atoms with Crippen LogP contribution in [-0.4, -0.2) is 43.0 Å². The van der Waals surface area contributed by atoms with Crippen LogP contribution in [0.2, 0.25) is 0 Å². The summed E-state index contributed by atoms with van der Waals surface area (Å²) in [6.07, 6.45) is 9.83. The average Bonchev–Trinajstić information content (AvgIpc) is 3.78. The van der Waals surface area contributed by atoms with E-state index in [2.05, 4.69) is 57.9 Å². The van der Waals surface area contributed by atoms with Crippen molar-refractivity contribution in [3.63, 3.8) is 0 Å². The molecule has 0 radical (unpaired) electrons. The molecule has 0 bridgehead atoms. The lowest BCUT2D eigenvalue weighted by Crippen LogP contribution is -2.38. The smallest absolute Gasteiger partial charge is 0.259 e. The molecule has 2 aliphatic heterocycles. The van der Waals surface area contributed by atoms with Crippen LogP contribution in [0.4, 0.5) is 0 Å². The molecule has 7 rings (SSSR count). The fraction of sp³-hybridized carbons (Fsp3) is 0.424. The van der Waals surface area contributed by atoms with Gasteiger partial charge in [-0.2, -0.15) is 15.2 Å². The van der Waals surface area contributed by atoms with Gasteiger partial charge in [0.05, 0.1) is 23.4 Å². The molecular formula is C33H36N6O3. The largest absolute Gasteiger partial charge is 0.375 e. The van der Waals surface area contributed by atoms with Gasteiger partial charge in [-0.05, 0) is 67.7 Å². The second-order valence-corrected chi connectivity index (χ2v) is 11.9. The number of hydrazone groups is 1. The van der Waals surface area contributed by atoms with Gasteiger partial charge in [0.15, 0.2) is 0 Å². The number of fused-ring (bicyclic) bond motifs is 1. The Morgan fingerprint density at radius 1 is 1.05 bits per heavy atom. The number of aromatic nitrogens is 4. The van der Waals surface area contributed by atoms with Crippen molar-refractivity contribution >= 4 is 17.4 Å². The van der Waals surface area contributed by atoms with Crippen LogP contribution in [0, 0.1) is 0 Å². The van der Waals surface area contributed by atoms with Gasteiger partial charge in [0.2, 0.25) is 11.7 Å².